The highest BCUT2D eigenvalue weighted by Gasteiger charge is 2.30. The number of hydrogen-bond donors (Lipinski definition) is 3. The third kappa shape index (κ3) is 6.91. The van der Waals surface area contributed by atoms with Crippen LogP contribution < -0.4 is 15.5 Å². The monoisotopic (exact) mass is 543 g/mol. The second kappa shape index (κ2) is 11.4. The van der Waals surface area contributed by atoms with Crippen LogP contribution in [-0.4, -0.2) is 30.9 Å². The standard InChI is InChI=1S/C26H24F3N5O3S/c27-26(28,29)20-13-15-21(16-14-20)31-25(35)30-17-7-10-22-18-24(19-8-3-1-4-9-19)34(32-22)33-38(36,37)23-11-5-2-6-12-23/h1-6,8-9,11-16,18,33H,7,10,17H2,(H2,30,31,35). The molecular weight excluding hydrogens is 519 g/mol. The van der Waals surface area contributed by atoms with E-state index in [4.69, 9.17) is 0 Å². The van der Waals surface area contributed by atoms with Crippen LogP contribution in [0.25, 0.3) is 11.3 Å². The zero-order valence-electron chi connectivity index (χ0n) is 19.9. The number of halogens is 3. The first kappa shape index (κ1) is 26.7. The van der Waals surface area contributed by atoms with Crippen molar-refractivity contribution in [1.29, 1.82) is 0 Å². The average Bonchev–Trinajstić information content (AvgIpc) is 3.29. The van der Waals surface area contributed by atoms with E-state index < -0.39 is 27.8 Å². The normalized spacial score (nSPS) is 11.7. The van der Waals surface area contributed by atoms with Gasteiger partial charge in [0.05, 0.1) is 21.8 Å². The molecule has 4 aromatic rings. The molecule has 0 saturated heterocycles. The summed E-state index contributed by atoms with van der Waals surface area (Å²) in [6, 6.07) is 22.5. The molecule has 0 aliphatic rings. The number of aryl methyl sites for hydroxylation is 1. The van der Waals surface area contributed by atoms with E-state index in [1.807, 2.05) is 30.3 Å². The van der Waals surface area contributed by atoms with Gasteiger partial charge < -0.3 is 10.6 Å². The number of hydrogen-bond acceptors (Lipinski definition) is 4. The van der Waals surface area contributed by atoms with Gasteiger partial charge in [0.1, 0.15) is 0 Å². The van der Waals surface area contributed by atoms with Gasteiger partial charge in [-0.3, -0.25) is 0 Å². The molecule has 0 radical (unpaired) electrons. The maximum absolute atomic E-state index is 12.9. The highest BCUT2D eigenvalue weighted by molar-refractivity contribution is 7.92. The summed E-state index contributed by atoms with van der Waals surface area (Å²) in [5, 5.41) is 9.54. The molecule has 0 saturated carbocycles. The molecule has 4 rings (SSSR count). The number of nitrogens with one attached hydrogen (secondary N) is 3. The second-order valence-corrected chi connectivity index (χ2v) is 9.93. The van der Waals surface area contributed by atoms with E-state index in [0.29, 0.717) is 24.2 Å². The first-order valence-electron chi connectivity index (χ1n) is 11.6. The minimum Gasteiger partial charge on any atom is -0.338 e. The number of rotatable bonds is 9. The van der Waals surface area contributed by atoms with Crippen LogP contribution in [0.4, 0.5) is 23.7 Å². The Hall–Kier alpha value is -4.32. The molecule has 38 heavy (non-hydrogen) atoms. The fraction of sp³-hybridized carbons (Fsp3) is 0.154. The van der Waals surface area contributed by atoms with Crippen LogP contribution in [0.3, 0.4) is 0 Å². The number of sulfonamides is 1. The smallest absolute Gasteiger partial charge is 0.338 e. The van der Waals surface area contributed by atoms with Gasteiger partial charge in [-0.15, -0.1) is 0 Å². The van der Waals surface area contributed by atoms with Crippen LogP contribution in [0.2, 0.25) is 0 Å². The van der Waals surface area contributed by atoms with Gasteiger partial charge in [0.25, 0.3) is 10.0 Å². The number of anilines is 1. The van der Waals surface area contributed by atoms with Crippen molar-refractivity contribution in [2.75, 3.05) is 16.7 Å². The molecule has 3 aromatic carbocycles. The lowest BCUT2D eigenvalue weighted by molar-refractivity contribution is -0.137. The lowest BCUT2D eigenvalue weighted by Crippen LogP contribution is -2.29. The van der Waals surface area contributed by atoms with Gasteiger partial charge in [0.2, 0.25) is 0 Å². The first-order chi connectivity index (χ1) is 18.1. The van der Waals surface area contributed by atoms with E-state index in [2.05, 4.69) is 20.6 Å². The van der Waals surface area contributed by atoms with Gasteiger partial charge in [-0.05, 0) is 55.3 Å². The van der Waals surface area contributed by atoms with Crippen molar-refractivity contribution < 1.29 is 26.4 Å². The fourth-order valence-corrected chi connectivity index (χ4v) is 4.58. The predicted octanol–water partition coefficient (Wildman–Crippen LogP) is 5.26. The quantitative estimate of drug-likeness (QED) is 0.251. The molecule has 1 aromatic heterocycles. The van der Waals surface area contributed by atoms with E-state index in [0.717, 1.165) is 17.7 Å². The van der Waals surface area contributed by atoms with Crippen molar-refractivity contribution in [3.63, 3.8) is 0 Å². The number of benzene rings is 3. The Morgan fingerprint density at radius 3 is 2.16 bits per heavy atom. The van der Waals surface area contributed by atoms with Crippen LogP contribution in [0, 0.1) is 0 Å². The summed E-state index contributed by atoms with van der Waals surface area (Å²) < 4.78 is 63.7. The summed E-state index contributed by atoms with van der Waals surface area (Å²) in [6.07, 6.45) is -3.53. The van der Waals surface area contributed by atoms with Crippen molar-refractivity contribution >= 4 is 21.7 Å². The maximum atomic E-state index is 12.9. The SMILES string of the molecule is O=C(NCCCc1cc(-c2ccccc2)n(NS(=O)(=O)c2ccccc2)n1)Nc1ccc(C(F)(F)F)cc1. The van der Waals surface area contributed by atoms with E-state index in [9.17, 15) is 26.4 Å². The minimum absolute atomic E-state index is 0.0966. The second-order valence-electron chi connectivity index (χ2n) is 8.27. The van der Waals surface area contributed by atoms with Crippen LogP contribution in [0.5, 0.6) is 0 Å². The summed E-state index contributed by atoms with van der Waals surface area (Å²) in [4.78, 5) is 15.9. The molecule has 0 spiro atoms. The van der Waals surface area contributed by atoms with Crippen molar-refractivity contribution in [1.82, 2.24) is 15.2 Å². The molecule has 2 amide bonds. The molecule has 1 heterocycles. The molecule has 0 fully saturated rings. The van der Waals surface area contributed by atoms with Gasteiger partial charge in [0, 0.05) is 17.8 Å². The topological polar surface area (TPSA) is 105 Å². The van der Waals surface area contributed by atoms with E-state index in [-0.39, 0.29) is 17.1 Å². The fourth-order valence-electron chi connectivity index (χ4n) is 3.59. The largest absolute Gasteiger partial charge is 0.416 e. The molecule has 0 unspecified atom stereocenters. The first-order valence-corrected chi connectivity index (χ1v) is 13.0. The van der Waals surface area contributed by atoms with E-state index in [1.54, 1.807) is 24.3 Å². The number of carbonyl (C=O) groups is 1. The lowest BCUT2D eigenvalue weighted by atomic mass is 10.1. The Bertz CT molecular complexity index is 1470. The highest BCUT2D eigenvalue weighted by atomic mass is 32.2. The number of urea groups is 1. The molecule has 3 N–H and O–H groups in total. The van der Waals surface area contributed by atoms with E-state index >= 15 is 0 Å². The van der Waals surface area contributed by atoms with Crippen molar-refractivity contribution in [3.8, 4) is 11.3 Å². The number of carbonyl (C=O) groups excluding carboxylic acids is 1. The Morgan fingerprint density at radius 1 is 0.895 bits per heavy atom. The van der Waals surface area contributed by atoms with Gasteiger partial charge in [-0.2, -0.15) is 36.3 Å². The van der Waals surface area contributed by atoms with Gasteiger partial charge in [-0.25, -0.2) is 4.79 Å². The summed E-state index contributed by atoms with van der Waals surface area (Å²) >= 11 is 0. The number of aromatic nitrogens is 2. The van der Waals surface area contributed by atoms with Crippen molar-refractivity contribution in [2.45, 2.75) is 23.9 Å². The molecular formula is C26H24F3N5O3S. The van der Waals surface area contributed by atoms with Gasteiger partial charge in [-0.1, -0.05) is 48.5 Å². The zero-order chi connectivity index (χ0) is 27.2. The Labute approximate surface area is 217 Å². The minimum atomic E-state index is -4.45. The molecule has 0 atom stereocenters. The number of nitrogens with zero attached hydrogens (tertiary/aromatic N) is 2. The molecule has 198 valence electrons. The van der Waals surface area contributed by atoms with Crippen molar-refractivity contribution in [3.05, 3.63) is 102 Å². The summed E-state index contributed by atoms with van der Waals surface area (Å²) in [6.45, 7) is 0.260. The van der Waals surface area contributed by atoms with Gasteiger partial charge >= 0.3 is 12.2 Å². The predicted molar refractivity (Wildman–Crippen MR) is 137 cm³/mol. The Morgan fingerprint density at radius 2 is 1.53 bits per heavy atom. The third-order valence-electron chi connectivity index (χ3n) is 5.46. The molecule has 12 heteroatoms. The molecule has 8 nitrogen and oxygen atoms in total. The molecule has 0 aliphatic carbocycles. The number of amides is 2. The summed E-state index contributed by atoms with van der Waals surface area (Å²) in [5.41, 5.74) is 1.34. The maximum Gasteiger partial charge on any atom is 0.416 e. The molecule has 0 aliphatic heterocycles. The zero-order valence-corrected chi connectivity index (χ0v) is 20.8. The Kier molecular flexibility index (Phi) is 8.01. The van der Waals surface area contributed by atoms with Gasteiger partial charge in [0.15, 0.2) is 0 Å². The average molecular weight is 544 g/mol. The third-order valence-corrected chi connectivity index (χ3v) is 6.76. The Balaban J connectivity index is 1.37. The van der Waals surface area contributed by atoms with Crippen LogP contribution >= 0.6 is 0 Å². The highest BCUT2D eigenvalue weighted by Crippen LogP contribution is 2.29. The summed E-state index contributed by atoms with van der Waals surface area (Å²) in [7, 11) is -3.88. The van der Waals surface area contributed by atoms with Crippen LogP contribution in [0.1, 0.15) is 17.7 Å². The lowest BCUT2D eigenvalue weighted by Gasteiger charge is -2.11. The van der Waals surface area contributed by atoms with Crippen LogP contribution in [-0.2, 0) is 22.6 Å². The van der Waals surface area contributed by atoms with E-state index in [1.165, 1.54) is 29.1 Å². The summed E-state index contributed by atoms with van der Waals surface area (Å²) in [5.74, 6) is 0. The molecule has 0 bridgehead atoms. The van der Waals surface area contributed by atoms with Crippen LogP contribution in [0.15, 0.2) is 95.9 Å². The van der Waals surface area contributed by atoms with Crippen molar-refractivity contribution in [2.24, 2.45) is 0 Å². The number of alkyl halides is 3.